The van der Waals surface area contributed by atoms with Crippen molar-refractivity contribution in [3.8, 4) is 5.75 Å². The molecule has 3 rings (SSSR count). The minimum absolute atomic E-state index is 0.00237. The van der Waals surface area contributed by atoms with Crippen LogP contribution < -0.4 is 0 Å². The topological polar surface area (TPSA) is 37.3 Å². The molecule has 154 valence electrons. The molecule has 2 aliphatic carbocycles. The lowest BCUT2D eigenvalue weighted by molar-refractivity contribution is -0.125. The lowest BCUT2D eigenvalue weighted by atomic mass is 9.70. The maximum atomic E-state index is 13.2. The lowest BCUT2D eigenvalue weighted by Crippen LogP contribution is -2.32. The fraction of sp³-hybridized carbons (Fsp3) is 0.654. The van der Waals surface area contributed by atoms with Crippen LogP contribution in [0.25, 0.3) is 6.08 Å². The zero-order chi connectivity index (χ0) is 20.9. The monoisotopic (exact) mass is 382 g/mol. The molecule has 1 aromatic carbocycles. The number of aryl methyl sites for hydroxylation is 1. The van der Waals surface area contributed by atoms with Gasteiger partial charge in [0.2, 0.25) is 0 Å². The minimum atomic E-state index is -0.259. The van der Waals surface area contributed by atoms with E-state index in [1.165, 1.54) is 19.3 Å². The number of fused-ring (bicyclic) bond motifs is 2. The molecule has 2 saturated carbocycles. The lowest BCUT2D eigenvalue weighted by Gasteiger charge is -2.31. The maximum Gasteiger partial charge on any atom is 0.165 e. The number of ketones is 1. The number of aromatic hydroxyl groups is 1. The number of carbonyl (C=O) groups excluding carboxylic acids is 1. The Kier molecular flexibility index (Phi) is 5.32. The van der Waals surface area contributed by atoms with Gasteiger partial charge in [-0.15, -0.1) is 0 Å². The minimum Gasteiger partial charge on any atom is -0.507 e. The Bertz CT molecular complexity index is 812. The molecule has 1 N–H and O–H groups in total. The molecule has 0 aromatic heterocycles. The SMILES string of the molecule is CCCCCC(C)(C)c1cc(C)cc(C=C2C(=O)C3(C)CCC2C3(C)C)c1O. The van der Waals surface area contributed by atoms with Gasteiger partial charge in [0.1, 0.15) is 5.75 Å². The van der Waals surface area contributed by atoms with Crippen molar-refractivity contribution < 1.29 is 9.90 Å². The van der Waals surface area contributed by atoms with Gasteiger partial charge in [-0.2, -0.15) is 0 Å². The fourth-order valence-corrected chi connectivity index (χ4v) is 5.65. The van der Waals surface area contributed by atoms with Crippen LogP contribution in [-0.4, -0.2) is 10.9 Å². The molecule has 0 radical (unpaired) electrons. The van der Waals surface area contributed by atoms with Gasteiger partial charge < -0.3 is 5.11 Å². The molecule has 0 saturated heterocycles. The molecule has 2 nitrogen and oxygen atoms in total. The van der Waals surface area contributed by atoms with Gasteiger partial charge in [0.25, 0.3) is 0 Å². The van der Waals surface area contributed by atoms with Gasteiger partial charge in [0.15, 0.2) is 5.78 Å². The Labute approximate surface area is 171 Å². The van der Waals surface area contributed by atoms with Gasteiger partial charge in [0.05, 0.1) is 0 Å². The van der Waals surface area contributed by atoms with Crippen LogP contribution in [0.3, 0.4) is 0 Å². The first-order chi connectivity index (χ1) is 13.0. The third-order valence-electron chi connectivity index (χ3n) is 8.09. The molecular weight excluding hydrogens is 344 g/mol. The Morgan fingerprint density at radius 3 is 2.46 bits per heavy atom. The molecule has 1 aromatic rings. The molecule has 0 heterocycles. The Morgan fingerprint density at radius 1 is 1.21 bits per heavy atom. The van der Waals surface area contributed by atoms with Gasteiger partial charge in [-0.25, -0.2) is 0 Å². The second-order valence-electron chi connectivity index (χ2n) is 10.7. The van der Waals surface area contributed by atoms with Crippen molar-refractivity contribution in [3.05, 3.63) is 34.4 Å². The third-order valence-corrected chi connectivity index (χ3v) is 8.09. The molecule has 2 bridgehead atoms. The highest BCUT2D eigenvalue weighted by Crippen LogP contribution is 2.65. The predicted octanol–water partition coefficient (Wildman–Crippen LogP) is 6.97. The predicted molar refractivity (Wildman–Crippen MR) is 118 cm³/mol. The van der Waals surface area contributed by atoms with Crippen molar-refractivity contribution in [2.24, 2.45) is 16.7 Å². The summed E-state index contributed by atoms with van der Waals surface area (Å²) in [7, 11) is 0. The molecule has 2 unspecified atom stereocenters. The van der Waals surface area contributed by atoms with E-state index in [0.717, 1.165) is 41.5 Å². The van der Waals surface area contributed by atoms with Crippen LogP contribution in [0.2, 0.25) is 0 Å². The quantitative estimate of drug-likeness (QED) is 0.426. The summed E-state index contributed by atoms with van der Waals surface area (Å²) in [6, 6.07) is 4.15. The van der Waals surface area contributed by atoms with Crippen molar-refractivity contribution in [1.29, 1.82) is 0 Å². The van der Waals surface area contributed by atoms with Gasteiger partial charge >= 0.3 is 0 Å². The van der Waals surface area contributed by atoms with Crippen molar-refractivity contribution in [1.82, 2.24) is 0 Å². The van der Waals surface area contributed by atoms with Crippen molar-refractivity contribution >= 4 is 11.9 Å². The number of hydrogen-bond donors (Lipinski definition) is 1. The van der Waals surface area contributed by atoms with E-state index < -0.39 is 0 Å². The van der Waals surface area contributed by atoms with Gasteiger partial charge in [-0.05, 0) is 60.6 Å². The summed E-state index contributed by atoms with van der Waals surface area (Å²) in [5.41, 5.74) is 3.55. The third kappa shape index (κ3) is 3.13. The highest BCUT2D eigenvalue weighted by molar-refractivity contribution is 6.08. The maximum absolute atomic E-state index is 13.2. The van der Waals surface area contributed by atoms with E-state index in [0.29, 0.717) is 17.5 Å². The Morgan fingerprint density at radius 2 is 1.89 bits per heavy atom. The van der Waals surface area contributed by atoms with E-state index in [1.54, 1.807) is 0 Å². The van der Waals surface area contributed by atoms with Crippen LogP contribution in [-0.2, 0) is 10.2 Å². The molecule has 2 aliphatic rings. The van der Waals surface area contributed by atoms with Gasteiger partial charge in [0, 0.05) is 22.1 Å². The highest BCUT2D eigenvalue weighted by Gasteiger charge is 2.63. The van der Waals surface area contributed by atoms with Gasteiger partial charge in [-0.3, -0.25) is 4.79 Å². The van der Waals surface area contributed by atoms with E-state index in [1.807, 2.05) is 12.1 Å². The zero-order valence-electron chi connectivity index (χ0n) is 18.9. The average Bonchev–Trinajstić information content (AvgIpc) is 2.91. The number of phenols is 1. The number of benzene rings is 1. The summed E-state index contributed by atoms with van der Waals surface area (Å²) in [5.74, 6) is 0.947. The molecule has 2 atom stereocenters. The molecular formula is C26H38O2. The summed E-state index contributed by atoms with van der Waals surface area (Å²) in [4.78, 5) is 13.2. The van der Waals surface area contributed by atoms with E-state index in [2.05, 4.69) is 54.5 Å². The van der Waals surface area contributed by atoms with Crippen molar-refractivity contribution in [2.45, 2.75) is 92.4 Å². The van der Waals surface area contributed by atoms with Crippen LogP contribution in [0.5, 0.6) is 5.75 Å². The van der Waals surface area contributed by atoms with Crippen molar-refractivity contribution in [3.63, 3.8) is 0 Å². The number of rotatable bonds is 6. The highest BCUT2D eigenvalue weighted by atomic mass is 16.3. The molecule has 2 heteroatoms. The molecule has 0 amide bonds. The second-order valence-corrected chi connectivity index (χ2v) is 10.7. The summed E-state index contributed by atoms with van der Waals surface area (Å²) in [6.07, 6.45) is 8.70. The van der Waals surface area contributed by atoms with Gasteiger partial charge in [-0.1, -0.05) is 66.9 Å². The van der Waals surface area contributed by atoms with Crippen LogP contribution in [0.4, 0.5) is 0 Å². The summed E-state index contributed by atoms with van der Waals surface area (Å²) in [5, 5.41) is 11.2. The normalized spacial score (nSPS) is 27.8. The first-order valence-electron chi connectivity index (χ1n) is 11.1. The van der Waals surface area contributed by atoms with E-state index >= 15 is 0 Å². The number of phenolic OH excluding ortho intramolecular Hbond substituents is 1. The first kappa shape index (κ1) is 21.1. The standard InChI is InChI=1S/C26H38O2/c1-8-9-10-12-24(3,4)21-15-17(2)14-18(22(21)27)16-19-20-11-13-26(7,23(19)28)25(20,5)6/h14-16,20,27H,8-13H2,1-7H3. The zero-order valence-corrected chi connectivity index (χ0v) is 18.9. The largest absolute Gasteiger partial charge is 0.507 e. The van der Waals surface area contributed by atoms with Crippen LogP contribution in [0.1, 0.15) is 96.8 Å². The van der Waals surface area contributed by atoms with E-state index in [4.69, 9.17) is 0 Å². The van der Waals surface area contributed by atoms with E-state index in [9.17, 15) is 9.90 Å². The Balaban J connectivity index is 2.02. The van der Waals surface area contributed by atoms with E-state index in [-0.39, 0.29) is 16.2 Å². The summed E-state index contributed by atoms with van der Waals surface area (Å²) >= 11 is 0. The summed E-state index contributed by atoms with van der Waals surface area (Å²) in [6.45, 7) is 15.4. The van der Waals surface area contributed by atoms with Crippen LogP contribution >= 0.6 is 0 Å². The number of unbranched alkanes of at least 4 members (excludes halogenated alkanes) is 2. The number of Topliss-reactive ketones (excluding diaryl/α,β-unsaturated/α-hetero) is 1. The summed E-state index contributed by atoms with van der Waals surface area (Å²) < 4.78 is 0. The second kappa shape index (κ2) is 7.04. The van der Waals surface area contributed by atoms with Crippen LogP contribution in [0.15, 0.2) is 17.7 Å². The smallest absolute Gasteiger partial charge is 0.165 e. The average molecular weight is 383 g/mol. The number of carbonyl (C=O) groups is 1. The van der Waals surface area contributed by atoms with Crippen LogP contribution in [0, 0.1) is 23.7 Å². The number of hydrogen-bond acceptors (Lipinski definition) is 2. The Hall–Kier alpha value is -1.57. The number of allylic oxidation sites excluding steroid dienone is 1. The molecule has 0 spiro atoms. The molecule has 0 aliphatic heterocycles. The first-order valence-corrected chi connectivity index (χ1v) is 11.1. The molecule has 2 fully saturated rings. The molecule has 28 heavy (non-hydrogen) atoms. The fourth-order valence-electron chi connectivity index (χ4n) is 5.65. The van der Waals surface area contributed by atoms with Crippen molar-refractivity contribution in [2.75, 3.05) is 0 Å².